The summed E-state index contributed by atoms with van der Waals surface area (Å²) < 4.78 is 41.4. The zero-order valence-electron chi connectivity index (χ0n) is 14.5. The van der Waals surface area contributed by atoms with Gasteiger partial charge < -0.3 is 15.1 Å². The van der Waals surface area contributed by atoms with Crippen LogP contribution in [0.5, 0.6) is 0 Å². The molecular formula is C17H15F3IN5O2. The van der Waals surface area contributed by atoms with Crippen molar-refractivity contribution in [1.29, 1.82) is 0 Å². The molecule has 0 bridgehead atoms. The van der Waals surface area contributed by atoms with E-state index in [2.05, 4.69) is 33.0 Å². The molecule has 0 spiro atoms. The number of halogens is 4. The average Bonchev–Trinajstić information content (AvgIpc) is 3.24. The van der Waals surface area contributed by atoms with E-state index in [1.807, 2.05) is 0 Å². The third-order valence-electron chi connectivity index (χ3n) is 4.77. The first-order chi connectivity index (χ1) is 13.3. The molecule has 28 heavy (non-hydrogen) atoms. The topological polar surface area (TPSA) is 70.5 Å². The molecule has 0 saturated carbocycles. The van der Waals surface area contributed by atoms with Gasteiger partial charge in [-0.15, -0.1) is 0 Å². The minimum atomic E-state index is -1.59. The molecule has 1 N–H and O–H groups in total. The van der Waals surface area contributed by atoms with E-state index in [0.29, 0.717) is 25.2 Å². The number of amides is 3. The number of benzene rings is 1. The first kappa shape index (κ1) is 19.0. The molecule has 11 heteroatoms. The van der Waals surface area contributed by atoms with Crippen LogP contribution in [0, 0.1) is 17.5 Å². The summed E-state index contributed by atoms with van der Waals surface area (Å²) in [7, 11) is 0. The molecule has 1 aromatic heterocycles. The quantitative estimate of drug-likeness (QED) is 0.295. The number of carbonyl (C=O) groups excluding carboxylic acids is 2. The van der Waals surface area contributed by atoms with E-state index < -0.39 is 23.5 Å². The molecule has 148 valence electrons. The maximum atomic E-state index is 13.4. The highest BCUT2D eigenvalue weighted by Crippen LogP contribution is 2.31. The molecule has 3 amide bonds. The number of hydrogen-bond acceptors (Lipinski definition) is 3. The lowest BCUT2D eigenvalue weighted by atomic mass is 10.2. The standard InChI is InChI=1S/C17H15F3IN5O2/c18-10-4-9(5-11(19)16(10)20)23-17(28)25-7-13-12(24-3-1-2-15(24)27)6-22-26(13)8-14(25)21/h4-6,14H,1-3,7-8H2,(H,23,28)/t14-/m1/s1. The lowest BCUT2D eigenvalue weighted by molar-refractivity contribution is -0.117. The summed E-state index contributed by atoms with van der Waals surface area (Å²) in [5.74, 6) is -4.34. The zero-order valence-corrected chi connectivity index (χ0v) is 16.6. The van der Waals surface area contributed by atoms with Crippen molar-refractivity contribution in [2.24, 2.45) is 0 Å². The van der Waals surface area contributed by atoms with E-state index in [1.54, 1.807) is 15.8 Å². The summed E-state index contributed by atoms with van der Waals surface area (Å²) >= 11 is 2.07. The van der Waals surface area contributed by atoms with Gasteiger partial charge in [-0.3, -0.25) is 9.48 Å². The van der Waals surface area contributed by atoms with Crippen molar-refractivity contribution in [3.63, 3.8) is 0 Å². The number of anilines is 2. The number of fused-ring (bicyclic) bond motifs is 1. The van der Waals surface area contributed by atoms with Gasteiger partial charge in [0.25, 0.3) is 0 Å². The summed E-state index contributed by atoms with van der Waals surface area (Å²) in [4.78, 5) is 27.9. The number of urea groups is 1. The molecule has 2 aromatic rings. The Kier molecular flexibility index (Phi) is 4.93. The second kappa shape index (κ2) is 7.26. The Morgan fingerprint density at radius 3 is 2.61 bits per heavy atom. The van der Waals surface area contributed by atoms with Crippen molar-refractivity contribution in [3.05, 3.63) is 41.5 Å². The van der Waals surface area contributed by atoms with Crippen LogP contribution in [0.15, 0.2) is 18.3 Å². The Hall–Kier alpha value is -2.31. The molecular weight excluding hydrogens is 490 g/mol. The van der Waals surface area contributed by atoms with Crippen LogP contribution in [0.4, 0.5) is 29.3 Å². The largest absolute Gasteiger partial charge is 0.323 e. The Morgan fingerprint density at radius 2 is 1.96 bits per heavy atom. The van der Waals surface area contributed by atoms with Crippen LogP contribution in [0.25, 0.3) is 0 Å². The van der Waals surface area contributed by atoms with E-state index in [4.69, 9.17) is 0 Å². The Labute approximate surface area is 171 Å². The summed E-state index contributed by atoms with van der Waals surface area (Å²) in [6, 6.07) is 0.859. The van der Waals surface area contributed by atoms with Crippen molar-refractivity contribution < 1.29 is 22.8 Å². The molecule has 3 heterocycles. The van der Waals surface area contributed by atoms with Gasteiger partial charge in [-0.05, 0) is 6.42 Å². The van der Waals surface area contributed by atoms with Gasteiger partial charge in [-0.1, -0.05) is 22.6 Å². The molecule has 0 aliphatic carbocycles. The van der Waals surface area contributed by atoms with Crippen molar-refractivity contribution in [1.82, 2.24) is 14.7 Å². The van der Waals surface area contributed by atoms with Crippen molar-refractivity contribution in [2.45, 2.75) is 30.0 Å². The number of alkyl halides is 1. The summed E-state index contributed by atoms with van der Waals surface area (Å²) in [6.07, 6.45) is 2.86. The average molecular weight is 505 g/mol. The van der Waals surface area contributed by atoms with Gasteiger partial charge in [0, 0.05) is 30.8 Å². The highest BCUT2D eigenvalue weighted by molar-refractivity contribution is 14.1. The molecule has 0 radical (unpaired) electrons. The monoisotopic (exact) mass is 505 g/mol. The van der Waals surface area contributed by atoms with E-state index in [0.717, 1.165) is 24.2 Å². The maximum absolute atomic E-state index is 13.4. The molecule has 1 saturated heterocycles. The first-order valence-corrected chi connectivity index (χ1v) is 9.81. The third-order valence-corrected chi connectivity index (χ3v) is 5.84. The molecule has 4 rings (SSSR count). The minimum Gasteiger partial charge on any atom is -0.309 e. The second-order valence-corrected chi connectivity index (χ2v) is 7.99. The number of hydrogen-bond donors (Lipinski definition) is 1. The lowest BCUT2D eigenvalue weighted by Gasteiger charge is -2.33. The van der Waals surface area contributed by atoms with Gasteiger partial charge in [0.15, 0.2) is 17.5 Å². The van der Waals surface area contributed by atoms with Crippen LogP contribution in [0.2, 0.25) is 0 Å². The Morgan fingerprint density at radius 1 is 1.25 bits per heavy atom. The first-order valence-electron chi connectivity index (χ1n) is 8.56. The van der Waals surface area contributed by atoms with Crippen LogP contribution >= 0.6 is 22.6 Å². The molecule has 1 atom stereocenters. The minimum absolute atomic E-state index is 0.0145. The van der Waals surface area contributed by atoms with Crippen LogP contribution < -0.4 is 10.2 Å². The second-order valence-electron chi connectivity index (χ2n) is 6.55. The Balaban J connectivity index is 1.56. The highest BCUT2D eigenvalue weighted by Gasteiger charge is 2.34. The van der Waals surface area contributed by atoms with Crippen LogP contribution in [0.3, 0.4) is 0 Å². The summed E-state index contributed by atoms with van der Waals surface area (Å²) in [6.45, 7) is 1.17. The maximum Gasteiger partial charge on any atom is 0.323 e. The van der Waals surface area contributed by atoms with Crippen molar-refractivity contribution in [3.8, 4) is 0 Å². The van der Waals surface area contributed by atoms with Gasteiger partial charge in [0.05, 0.1) is 30.7 Å². The summed E-state index contributed by atoms with van der Waals surface area (Å²) in [5.41, 5.74) is 1.20. The third kappa shape index (κ3) is 3.31. The summed E-state index contributed by atoms with van der Waals surface area (Å²) in [5, 5.41) is 6.71. The number of carbonyl (C=O) groups is 2. The van der Waals surface area contributed by atoms with Crippen molar-refractivity contribution >= 4 is 45.9 Å². The smallest absolute Gasteiger partial charge is 0.309 e. The SMILES string of the molecule is O=C1CCCN1c1cnn2c1CN(C(=O)Nc1cc(F)c(F)c(F)c1)[C@@H](I)C2. The van der Waals surface area contributed by atoms with E-state index in [1.165, 1.54) is 4.90 Å². The predicted octanol–water partition coefficient (Wildman–Crippen LogP) is 3.24. The number of nitrogens with one attached hydrogen (secondary N) is 1. The van der Waals surface area contributed by atoms with E-state index >= 15 is 0 Å². The number of aromatic nitrogens is 2. The molecule has 0 unspecified atom stereocenters. The predicted molar refractivity (Wildman–Crippen MR) is 102 cm³/mol. The van der Waals surface area contributed by atoms with Gasteiger partial charge in [0.2, 0.25) is 5.91 Å². The molecule has 2 aliphatic rings. The van der Waals surface area contributed by atoms with Crippen LogP contribution in [-0.2, 0) is 17.9 Å². The zero-order chi connectivity index (χ0) is 20.0. The van der Waals surface area contributed by atoms with Crippen LogP contribution in [0.1, 0.15) is 18.5 Å². The Bertz CT molecular complexity index is 943. The fraction of sp³-hybridized carbons (Fsp3) is 0.353. The van der Waals surface area contributed by atoms with Gasteiger partial charge in [0.1, 0.15) is 4.05 Å². The van der Waals surface area contributed by atoms with Gasteiger partial charge >= 0.3 is 6.03 Å². The number of rotatable bonds is 2. The van der Waals surface area contributed by atoms with E-state index in [9.17, 15) is 22.8 Å². The molecule has 2 aliphatic heterocycles. The van der Waals surface area contributed by atoms with Crippen LogP contribution in [-0.4, -0.2) is 37.2 Å². The number of nitrogens with zero attached hydrogens (tertiary/aromatic N) is 4. The molecule has 1 fully saturated rings. The van der Waals surface area contributed by atoms with E-state index in [-0.39, 0.29) is 22.2 Å². The molecule has 7 nitrogen and oxygen atoms in total. The normalized spacial score (nSPS) is 19.1. The lowest BCUT2D eigenvalue weighted by Crippen LogP contribution is -2.45. The van der Waals surface area contributed by atoms with Gasteiger partial charge in [-0.25, -0.2) is 18.0 Å². The van der Waals surface area contributed by atoms with Crippen molar-refractivity contribution in [2.75, 3.05) is 16.8 Å². The van der Waals surface area contributed by atoms with Gasteiger partial charge in [-0.2, -0.15) is 5.10 Å². The fourth-order valence-electron chi connectivity index (χ4n) is 3.37. The molecule has 1 aromatic carbocycles. The fourth-order valence-corrected chi connectivity index (χ4v) is 4.20. The highest BCUT2D eigenvalue weighted by atomic mass is 127.